The zero-order valence-corrected chi connectivity index (χ0v) is 13.6. The molecule has 3 heteroatoms. The first-order valence-electron chi connectivity index (χ1n) is 7.37. The monoisotopic (exact) mass is 303 g/mol. The van der Waals surface area contributed by atoms with Gasteiger partial charge in [0, 0.05) is 5.02 Å². The largest absolute Gasteiger partial charge is 0.494 e. The molecule has 1 unspecified atom stereocenters. The number of benzene rings is 2. The van der Waals surface area contributed by atoms with Crippen LogP contribution in [0.15, 0.2) is 42.5 Å². The number of halogens is 1. The average Bonchev–Trinajstić information content (AvgIpc) is 2.49. The minimum atomic E-state index is 0.142. The number of rotatable bonds is 6. The minimum Gasteiger partial charge on any atom is -0.494 e. The van der Waals surface area contributed by atoms with Gasteiger partial charge >= 0.3 is 0 Å². The van der Waals surface area contributed by atoms with Crippen LogP contribution in [-0.4, -0.2) is 13.2 Å². The molecule has 0 heterocycles. The first-order valence-corrected chi connectivity index (χ1v) is 7.75. The molecule has 1 atom stereocenters. The first-order chi connectivity index (χ1) is 10.2. The molecule has 0 saturated carbocycles. The van der Waals surface area contributed by atoms with Crippen LogP contribution in [0.25, 0.3) is 0 Å². The van der Waals surface area contributed by atoms with Crippen LogP contribution in [0.2, 0.25) is 5.02 Å². The molecule has 112 valence electrons. The second kappa shape index (κ2) is 7.48. The van der Waals surface area contributed by atoms with Crippen molar-refractivity contribution in [2.75, 3.05) is 13.2 Å². The minimum absolute atomic E-state index is 0.142. The summed E-state index contributed by atoms with van der Waals surface area (Å²) in [4.78, 5) is 0. The van der Waals surface area contributed by atoms with E-state index in [4.69, 9.17) is 16.3 Å². The van der Waals surface area contributed by atoms with Crippen molar-refractivity contribution in [2.45, 2.75) is 26.8 Å². The second-order valence-corrected chi connectivity index (χ2v) is 5.41. The van der Waals surface area contributed by atoms with Crippen molar-refractivity contribution in [3.63, 3.8) is 0 Å². The van der Waals surface area contributed by atoms with Crippen molar-refractivity contribution >= 4 is 11.6 Å². The van der Waals surface area contributed by atoms with E-state index in [0.29, 0.717) is 6.61 Å². The molecule has 2 rings (SSSR count). The van der Waals surface area contributed by atoms with Gasteiger partial charge in [0.1, 0.15) is 5.75 Å². The Kier molecular flexibility index (Phi) is 5.66. The summed E-state index contributed by atoms with van der Waals surface area (Å²) in [6, 6.07) is 14.6. The zero-order chi connectivity index (χ0) is 15.2. The SMILES string of the molecule is CCNC(c1ccc(OCC)cc1)c1ccc(C)c(Cl)c1. The molecule has 0 radical (unpaired) electrons. The third kappa shape index (κ3) is 3.99. The summed E-state index contributed by atoms with van der Waals surface area (Å²) in [5, 5.41) is 4.32. The van der Waals surface area contributed by atoms with Crippen LogP contribution in [0.1, 0.15) is 36.6 Å². The third-order valence-corrected chi connectivity index (χ3v) is 3.87. The highest BCUT2D eigenvalue weighted by atomic mass is 35.5. The first kappa shape index (κ1) is 15.9. The van der Waals surface area contributed by atoms with Crippen molar-refractivity contribution < 1.29 is 4.74 Å². The molecule has 2 aromatic rings. The molecule has 2 nitrogen and oxygen atoms in total. The van der Waals surface area contributed by atoms with Crippen molar-refractivity contribution in [1.29, 1.82) is 0 Å². The van der Waals surface area contributed by atoms with Crippen LogP contribution < -0.4 is 10.1 Å². The second-order valence-electron chi connectivity index (χ2n) is 5.00. The third-order valence-electron chi connectivity index (χ3n) is 3.46. The van der Waals surface area contributed by atoms with E-state index >= 15 is 0 Å². The molecule has 0 bridgehead atoms. The Morgan fingerprint density at radius 2 is 1.71 bits per heavy atom. The van der Waals surface area contributed by atoms with E-state index in [2.05, 4.69) is 36.5 Å². The Morgan fingerprint density at radius 3 is 2.29 bits per heavy atom. The fraction of sp³-hybridized carbons (Fsp3) is 0.333. The number of nitrogens with one attached hydrogen (secondary N) is 1. The Bertz CT molecular complexity index is 580. The summed E-state index contributed by atoms with van der Waals surface area (Å²) in [6.45, 7) is 7.69. The lowest BCUT2D eigenvalue weighted by molar-refractivity contribution is 0.340. The summed E-state index contributed by atoms with van der Waals surface area (Å²) in [6.07, 6.45) is 0. The van der Waals surface area contributed by atoms with E-state index in [9.17, 15) is 0 Å². The number of ether oxygens (including phenoxy) is 1. The summed E-state index contributed by atoms with van der Waals surface area (Å²) < 4.78 is 5.50. The van der Waals surface area contributed by atoms with Gasteiger partial charge in [0.05, 0.1) is 12.6 Å². The van der Waals surface area contributed by atoms with E-state index in [1.165, 1.54) is 11.1 Å². The molecule has 0 aliphatic heterocycles. The molecule has 0 saturated heterocycles. The smallest absolute Gasteiger partial charge is 0.119 e. The van der Waals surface area contributed by atoms with Gasteiger partial charge in [0.15, 0.2) is 0 Å². The van der Waals surface area contributed by atoms with Crippen LogP contribution >= 0.6 is 11.6 Å². The molecule has 0 aromatic heterocycles. The Labute approximate surface area is 132 Å². The molecule has 1 N–H and O–H groups in total. The van der Waals surface area contributed by atoms with Gasteiger partial charge in [-0.25, -0.2) is 0 Å². The molecule has 0 spiro atoms. The van der Waals surface area contributed by atoms with Gasteiger partial charge in [-0.1, -0.05) is 42.8 Å². The van der Waals surface area contributed by atoms with Gasteiger partial charge in [-0.15, -0.1) is 0 Å². The molecule has 0 fully saturated rings. The van der Waals surface area contributed by atoms with Crippen molar-refractivity contribution in [3.8, 4) is 5.75 Å². The van der Waals surface area contributed by atoms with Crippen LogP contribution in [0.3, 0.4) is 0 Å². The number of aryl methyl sites for hydroxylation is 1. The van der Waals surface area contributed by atoms with Crippen LogP contribution in [0.4, 0.5) is 0 Å². The number of hydrogen-bond donors (Lipinski definition) is 1. The van der Waals surface area contributed by atoms with Crippen LogP contribution in [0, 0.1) is 6.92 Å². The summed E-state index contributed by atoms with van der Waals surface area (Å²) in [7, 11) is 0. The summed E-state index contributed by atoms with van der Waals surface area (Å²) in [5.74, 6) is 0.901. The fourth-order valence-corrected chi connectivity index (χ4v) is 2.53. The summed E-state index contributed by atoms with van der Waals surface area (Å²) in [5.41, 5.74) is 3.49. The van der Waals surface area contributed by atoms with E-state index in [-0.39, 0.29) is 6.04 Å². The molecule has 2 aromatic carbocycles. The molecule has 21 heavy (non-hydrogen) atoms. The van der Waals surface area contributed by atoms with Gasteiger partial charge in [-0.2, -0.15) is 0 Å². The topological polar surface area (TPSA) is 21.3 Å². The van der Waals surface area contributed by atoms with Gasteiger partial charge in [-0.05, 0) is 55.3 Å². The maximum atomic E-state index is 6.26. The van der Waals surface area contributed by atoms with E-state index < -0.39 is 0 Å². The molecule has 0 amide bonds. The van der Waals surface area contributed by atoms with Gasteiger partial charge in [0.2, 0.25) is 0 Å². The average molecular weight is 304 g/mol. The van der Waals surface area contributed by atoms with E-state index in [0.717, 1.165) is 22.9 Å². The quantitative estimate of drug-likeness (QED) is 0.832. The van der Waals surface area contributed by atoms with Crippen molar-refractivity contribution in [3.05, 3.63) is 64.2 Å². The van der Waals surface area contributed by atoms with Gasteiger partial charge < -0.3 is 10.1 Å². The highest BCUT2D eigenvalue weighted by molar-refractivity contribution is 6.31. The van der Waals surface area contributed by atoms with Crippen LogP contribution in [0.5, 0.6) is 5.75 Å². The normalized spacial score (nSPS) is 12.2. The lowest BCUT2D eigenvalue weighted by Crippen LogP contribution is -2.22. The highest BCUT2D eigenvalue weighted by Crippen LogP contribution is 2.27. The highest BCUT2D eigenvalue weighted by Gasteiger charge is 2.14. The fourth-order valence-electron chi connectivity index (χ4n) is 2.34. The van der Waals surface area contributed by atoms with E-state index in [1.807, 2.05) is 32.0 Å². The Morgan fingerprint density at radius 1 is 1.05 bits per heavy atom. The predicted molar refractivity (Wildman–Crippen MR) is 89.3 cm³/mol. The van der Waals surface area contributed by atoms with Gasteiger partial charge in [0.25, 0.3) is 0 Å². The molecule has 0 aliphatic carbocycles. The predicted octanol–water partition coefficient (Wildman–Crippen LogP) is 4.75. The standard InChI is InChI=1S/C18H22ClNO/c1-4-20-18(15-7-6-13(3)17(19)12-15)14-8-10-16(11-9-14)21-5-2/h6-12,18,20H,4-5H2,1-3H3. The van der Waals surface area contributed by atoms with Crippen molar-refractivity contribution in [1.82, 2.24) is 5.32 Å². The molecule has 0 aliphatic rings. The summed E-state index contributed by atoms with van der Waals surface area (Å²) >= 11 is 6.26. The molecular formula is C18H22ClNO. The zero-order valence-electron chi connectivity index (χ0n) is 12.8. The van der Waals surface area contributed by atoms with Crippen molar-refractivity contribution in [2.24, 2.45) is 0 Å². The Balaban J connectivity index is 2.31. The van der Waals surface area contributed by atoms with Gasteiger partial charge in [-0.3, -0.25) is 0 Å². The van der Waals surface area contributed by atoms with Crippen LogP contribution in [-0.2, 0) is 0 Å². The van der Waals surface area contributed by atoms with E-state index in [1.54, 1.807) is 0 Å². The lowest BCUT2D eigenvalue weighted by Gasteiger charge is -2.20. The molecular weight excluding hydrogens is 282 g/mol. The maximum Gasteiger partial charge on any atom is 0.119 e. The number of hydrogen-bond acceptors (Lipinski definition) is 2. The maximum absolute atomic E-state index is 6.26. The lowest BCUT2D eigenvalue weighted by atomic mass is 9.97. The Hall–Kier alpha value is -1.51.